The third-order valence-electron chi connectivity index (χ3n) is 4.22. The standard InChI is InChI=1S/C18H20N2O2S.C2HF3O2/c1-13-12-20(23(21,22)14-8-5-4-6-9-14)16-11-7-10-15(17(13)16)18(2,3)19;3-2(4,5)1(6)7/h4-12H,19H2,1-3H3;(H,6,7). The molecule has 3 N–H and O–H groups in total. The van der Waals surface area contributed by atoms with Crippen molar-refractivity contribution in [1.82, 2.24) is 3.97 Å². The fraction of sp³-hybridized carbons (Fsp3) is 0.250. The molecule has 2 aromatic carbocycles. The molecule has 0 fully saturated rings. The van der Waals surface area contributed by atoms with Crippen molar-refractivity contribution in [2.45, 2.75) is 37.4 Å². The van der Waals surface area contributed by atoms with Crippen molar-refractivity contribution in [3.63, 3.8) is 0 Å². The molecule has 0 spiro atoms. The van der Waals surface area contributed by atoms with Crippen molar-refractivity contribution in [3.8, 4) is 0 Å². The molecule has 0 aliphatic carbocycles. The second kappa shape index (κ2) is 8.11. The van der Waals surface area contributed by atoms with Crippen LogP contribution in [0.15, 0.2) is 59.6 Å². The minimum Gasteiger partial charge on any atom is -0.475 e. The minimum atomic E-state index is -5.08. The second-order valence-electron chi connectivity index (χ2n) is 7.15. The summed E-state index contributed by atoms with van der Waals surface area (Å²) in [6, 6.07) is 14.1. The average molecular weight is 442 g/mol. The third-order valence-corrected chi connectivity index (χ3v) is 5.91. The highest BCUT2D eigenvalue weighted by atomic mass is 32.2. The molecule has 30 heavy (non-hydrogen) atoms. The van der Waals surface area contributed by atoms with Gasteiger partial charge >= 0.3 is 12.1 Å². The molecule has 1 aromatic heterocycles. The lowest BCUT2D eigenvalue weighted by Crippen LogP contribution is -2.28. The summed E-state index contributed by atoms with van der Waals surface area (Å²) in [5, 5.41) is 8.03. The van der Waals surface area contributed by atoms with E-state index >= 15 is 0 Å². The molecular weight excluding hydrogens is 421 g/mol. The fourth-order valence-corrected chi connectivity index (χ4v) is 4.33. The number of carboxylic acids is 1. The van der Waals surface area contributed by atoms with Gasteiger partial charge in [0.05, 0.1) is 10.4 Å². The van der Waals surface area contributed by atoms with Gasteiger partial charge in [0.1, 0.15) is 0 Å². The van der Waals surface area contributed by atoms with Crippen LogP contribution in [-0.4, -0.2) is 29.6 Å². The van der Waals surface area contributed by atoms with Gasteiger partial charge in [0, 0.05) is 17.1 Å². The second-order valence-corrected chi connectivity index (χ2v) is 8.97. The molecule has 0 saturated heterocycles. The number of nitrogens with two attached hydrogens (primary N) is 1. The van der Waals surface area contributed by atoms with Gasteiger partial charge < -0.3 is 10.8 Å². The van der Waals surface area contributed by atoms with Crippen LogP contribution in [0.1, 0.15) is 25.0 Å². The zero-order valence-corrected chi connectivity index (χ0v) is 17.3. The third kappa shape index (κ3) is 4.82. The number of carbonyl (C=O) groups is 1. The number of carboxylic acid groups (broad SMARTS) is 1. The number of benzene rings is 2. The van der Waals surface area contributed by atoms with Crippen molar-refractivity contribution in [2.24, 2.45) is 5.73 Å². The summed E-state index contributed by atoms with van der Waals surface area (Å²) in [7, 11) is -3.63. The summed E-state index contributed by atoms with van der Waals surface area (Å²) in [6.07, 6.45) is -3.41. The van der Waals surface area contributed by atoms with Gasteiger partial charge in [-0.25, -0.2) is 17.2 Å². The van der Waals surface area contributed by atoms with E-state index in [1.54, 1.807) is 36.5 Å². The summed E-state index contributed by atoms with van der Waals surface area (Å²) in [4.78, 5) is 9.17. The lowest BCUT2D eigenvalue weighted by molar-refractivity contribution is -0.192. The molecule has 0 unspecified atom stereocenters. The summed E-state index contributed by atoms with van der Waals surface area (Å²) in [6.45, 7) is 5.75. The molecule has 1 heterocycles. The van der Waals surface area contributed by atoms with Gasteiger partial charge in [-0.15, -0.1) is 0 Å². The number of alkyl halides is 3. The smallest absolute Gasteiger partial charge is 0.475 e. The van der Waals surface area contributed by atoms with Crippen LogP contribution in [0.25, 0.3) is 10.9 Å². The van der Waals surface area contributed by atoms with Crippen molar-refractivity contribution >= 4 is 26.9 Å². The first kappa shape index (κ1) is 23.4. The van der Waals surface area contributed by atoms with Crippen LogP contribution >= 0.6 is 0 Å². The molecule has 0 radical (unpaired) electrons. The highest BCUT2D eigenvalue weighted by Crippen LogP contribution is 2.32. The summed E-state index contributed by atoms with van der Waals surface area (Å²) >= 11 is 0. The Kier molecular flexibility index (Phi) is 6.34. The number of rotatable bonds is 3. The Labute approximate surface area is 171 Å². The molecule has 0 saturated carbocycles. The number of fused-ring (bicyclic) bond motifs is 1. The molecule has 0 aliphatic heterocycles. The number of halogens is 3. The van der Waals surface area contributed by atoms with Gasteiger partial charge in [0.15, 0.2) is 0 Å². The molecule has 6 nitrogen and oxygen atoms in total. The van der Waals surface area contributed by atoms with Crippen LogP contribution in [0.3, 0.4) is 0 Å². The Hall–Kier alpha value is -2.85. The summed E-state index contributed by atoms with van der Waals surface area (Å²) < 4.78 is 59.0. The van der Waals surface area contributed by atoms with Crippen LogP contribution in [0.5, 0.6) is 0 Å². The maximum Gasteiger partial charge on any atom is 0.490 e. The number of aromatic nitrogens is 1. The topological polar surface area (TPSA) is 102 Å². The highest BCUT2D eigenvalue weighted by molar-refractivity contribution is 7.90. The van der Waals surface area contributed by atoms with E-state index in [1.807, 2.05) is 39.0 Å². The van der Waals surface area contributed by atoms with Gasteiger partial charge in [0.2, 0.25) is 0 Å². The van der Waals surface area contributed by atoms with Gasteiger partial charge in [-0.1, -0.05) is 30.3 Å². The number of aliphatic carboxylic acids is 1. The van der Waals surface area contributed by atoms with Gasteiger partial charge in [-0.3, -0.25) is 0 Å². The normalized spacial score (nSPS) is 12.4. The quantitative estimate of drug-likeness (QED) is 0.638. The van der Waals surface area contributed by atoms with Crippen LogP contribution < -0.4 is 5.73 Å². The predicted octanol–water partition coefficient (Wildman–Crippen LogP) is 4.01. The van der Waals surface area contributed by atoms with Crippen molar-refractivity contribution in [1.29, 1.82) is 0 Å². The van der Waals surface area contributed by atoms with E-state index < -0.39 is 27.7 Å². The van der Waals surface area contributed by atoms with E-state index in [-0.39, 0.29) is 4.90 Å². The van der Waals surface area contributed by atoms with E-state index in [0.717, 1.165) is 16.5 Å². The number of hydrogen-bond donors (Lipinski definition) is 2. The lowest BCUT2D eigenvalue weighted by Gasteiger charge is -2.21. The predicted molar refractivity (Wildman–Crippen MR) is 107 cm³/mol. The summed E-state index contributed by atoms with van der Waals surface area (Å²) in [5.41, 5.74) is 8.21. The molecule has 0 aliphatic rings. The molecule has 3 aromatic rings. The molecule has 0 atom stereocenters. The molecule has 162 valence electrons. The van der Waals surface area contributed by atoms with Crippen LogP contribution in [0, 0.1) is 6.92 Å². The number of hydrogen-bond acceptors (Lipinski definition) is 4. The molecule has 3 rings (SSSR count). The molecule has 0 amide bonds. The zero-order valence-electron chi connectivity index (χ0n) is 16.4. The maximum absolute atomic E-state index is 13.0. The molecular formula is C20H21F3N2O4S. The van der Waals surface area contributed by atoms with E-state index in [9.17, 15) is 21.6 Å². The first-order valence-corrected chi connectivity index (χ1v) is 10.1. The monoisotopic (exact) mass is 442 g/mol. The van der Waals surface area contributed by atoms with Crippen LogP contribution in [-0.2, 0) is 20.4 Å². The molecule has 0 bridgehead atoms. The van der Waals surface area contributed by atoms with Crippen molar-refractivity contribution in [2.75, 3.05) is 0 Å². The minimum absolute atomic E-state index is 0.273. The number of nitrogens with zero attached hydrogens (tertiary/aromatic N) is 1. The maximum atomic E-state index is 13.0. The Morgan fingerprint density at radius 1 is 1.03 bits per heavy atom. The van der Waals surface area contributed by atoms with E-state index in [1.165, 1.54) is 3.97 Å². The average Bonchev–Trinajstić information content (AvgIpc) is 2.99. The fourth-order valence-electron chi connectivity index (χ4n) is 2.89. The Bertz CT molecular complexity index is 1160. The highest BCUT2D eigenvalue weighted by Gasteiger charge is 2.38. The van der Waals surface area contributed by atoms with Crippen LogP contribution in [0.2, 0.25) is 0 Å². The Morgan fingerprint density at radius 2 is 1.57 bits per heavy atom. The largest absolute Gasteiger partial charge is 0.490 e. The molecule has 10 heteroatoms. The van der Waals surface area contributed by atoms with E-state index in [0.29, 0.717) is 5.52 Å². The SMILES string of the molecule is Cc1cn(S(=O)(=O)c2ccccc2)c2cccc(C(C)(C)N)c12.O=C(O)C(F)(F)F. The zero-order chi connectivity index (χ0) is 22.9. The number of aryl methyl sites for hydroxylation is 1. The lowest BCUT2D eigenvalue weighted by atomic mass is 9.91. The van der Waals surface area contributed by atoms with Crippen molar-refractivity contribution in [3.05, 3.63) is 65.9 Å². The van der Waals surface area contributed by atoms with E-state index in [4.69, 9.17) is 15.6 Å². The Balaban J connectivity index is 0.000000396. The van der Waals surface area contributed by atoms with Gasteiger partial charge in [-0.2, -0.15) is 13.2 Å². The first-order valence-electron chi connectivity index (χ1n) is 8.68. The van der Waals surface area contributed by atoms with Crippen molar-refractivity contribution < 1.29 is 31.5 Å². The van der Waals surface area contributed by atoms with Gasteiger partial charge in [0.25, 0.3) is 10.0 Å². The first-order chi connectivity index (χ1) is 13.7. The van der Waals surface area contributed by atoms with Gasteiger partial charge in [-0.05, 0) is 50.1 Å². The van der Waals surface area contributed by atoms with Crippen LogP contribution in [0.4, 0.5) is 13.2 Å². The summed E-state index contributed by atoms with van der Waals surface area (Å²) in [5.74, 6) is -2.76. The van der Waals surface area contributed by atoms with E-state index in [2.05, 4.69) is 0 Å². The Morgan fingerprint density at radius 3 is 2.03 bits per heavy atom.